The number of fused-ring (bicyclic) bond motifs is 1. The molecule has 0 bridgehead atoms. The predicted molar refractivity (Wildman–Crippen MR) is 60.3 cm³/mol. The van der Waals surface area contributed by atoms with E-state index >= 15 is 0 Å². The predicted octanol–water partition coefficient (Wildman–Crippen LogP) is 3.59. The molecule has 0 aliphatic carbocycles. The second-order valence-corrected chi connectivity index (χ2v) is 3.58. The lowest BCUT2D eigenvalue weighted by atomic mass is 10.1. The van der Waals surface area contributed by atoms with Gasteiger partial charge in [-0.05, 0) is 31.0 Å². The average Bonchev–Trinajstić information content (AvgIpc) is 2.53. The van der Waals surface area contributed by atoms with E-state index in [-0.39, 0.29) is 0 Å². The zero-order valence-corrected chi connectivity index (χ0v) is 8.79. The molecule has 2 aromatic rings. The minimum absolute atomic E-state index is 0.462. The zero-order chi connectivity index (χ0) is 11.0. The van der Waals surface area contributed by atoms with Crippen molar-refractivity contribution in [3.63, 3.8) is 0 Å². The van der Waals surface area contributed by atoms with Crippen LogP contribution in [0.15, 0.2) is 29.2 Å². The van der Waals surface area contributed by atoms with Crippen molar-refractivity contribution in [1.82, 2.24) is 0 Å². The largest absolute Gasteiger partial charge is 0.461 e. The van der Waals surface area contributed by atoms with Gasteiger partial charge < -0.3 is 4.42 Å². The summed E-state index contributed by atoms with van der Waals surface area (Å²) in [6, 6.07) is 7.76. The van der Waals surface area contributed by atoms with E-state index in [4.69, 9.17) is 9.68 Å². The van der Waals surface area contributed by atoms with E-state index in [0.717, 1.165) is 27.9 Å². The Hall–Kier alpha value is -2.01. The van der Waals surface area contributed by atoms with Crippen LogP contribution >= 0.6 is 0 Å². The molecule has 1 aromatic heterocycles. The molecule has 1 heterocycles. The highest BCUT2D eigenvalue weighted by molar-refractivity contribution is 5.87. The number of rotatable bonds is 1. The van der Waals surface area contributed by atoms with Gasteiger partial charge in [-0.15, -0.1) is 0 Å². The number of nitrogens with zero attached hydrogens (tertiary/aromatic N) is 1. The van der Waals surface area contributed by atoms with Gasteiger partial charge in [0.15, 0.2) is 0 Å². The van der Waals surface area contributed by atoms with Gasteiger partial charge in [0.2, 0.25) is 0 Å². The summed E-state index contributed by atoms with van der Waals surface area (Å²) in [7, 11) is 0. The van der Waals surface area contributed by atoms with E-state index in [2.05, 4.69) is 6.58 Å². The first-order valence-electron chi connectivity index (χ1n) is 4.72. The Bertz CT molecular complexity index is 584. The standard InChI is InChI=1S/C13H11NO/c1-8(7-14)11-4-5-12-9(2)10(3)15-13(12)6-11/h4-6H,1H2,2-3H3. The fourth-order valence-electron chi connectivity index (χ4n) is 1.60. The number of hydrogen-bond acceptors (Lipinski definition) is 2. The first-order valence-corrected chi connectivity index (χ1v) is 4.72. The van der Waals surface area contributed by atoms with Crippen LogP contribution in [0.25, 0.3) is 16.5 Å². The molecule has 0 N–H and O–H groups in total. The number of benzene rings is 1. The summed E-state index contributed by atoms with van der Waals surface area (Å²) in [6.07, 6.45) is 0. The lowest BCUT2D eigenvalue weighted by molar-refractivity contribution is 0.575. The quantitative estimate of drug-likeness (QED) is 0.655. The smallest absolute Gasteiger partial charge is 0.135 e. The zero-order valence-electron chi connectivity index (χ0n) is 8.79. The van der Waals surface area contributed by atoms with E-state index in [1.165, 1.54) is 0 Å². The summed E-state index contributed by atoms with van der Waals surface area (Å²) in [5.41, 5.74) is 3.25. The van der Waals surface area contributed by atoms with Crippen molar-refractivity contribution in [3.8, 4) is 6.07 Å². The Kier molecular flexibility index (Phi) is 2.09. The maximum absolute atomic E-state index is 8.74. The molecule has 0 aliphatic rings. The first kappa shape index (κ1) is 9.54. The highest BCUT2D eigenvalue weighted by Crippen LogP contribution is 2.27. The molecule has 0 radical (unpaired) electrons. The molecule has 0 amide bonds. The summed E-state index contributed by atoms with van der Waals surface area (Å²) in [4.78, 5) is 0. The number of hydrogen-bond donors (Lipinski definition) is 0. The van der Waals surface area contributed by atoms with Gasteiger partial charge in [-0.1, -0.05) is 18.7 Å². The summed E-state index contributed by atoms with van der Waals surface area (Å²) >= 11 is 0. The van der Waals surface area contributed by atoms with Crippen molar-refractivity contribution < 1.29 is 4.42 Å². The van der Waals surface area contributed by atoms with Crippen LogP contribution in [0, 0.1) is 25.2 Å². The van der Waals surface area contributed by atoms with Crippen LogP contribution < -0.4 is 0 Å². The van der Waals surface area contributed by atoms with E-state index in [9.17, 15) is 0 Å². The van der Waals surface area contributed by atoms with Crippen LogP contribution in [0.2, 0.25) is 0 Å². The van der Waals surface area contributed by atoms with Gasteiger partial charge in [-0.2, -0.15) is 5.26 Å². The fraction of sp³-hybridized carbons (Fsp3) is 0.154. The Labute approximate surface area is 88.4 Å². The molecule has 0 spiro atoms. The molecule has 74 valence electrons. The summed E-state index contributed by atoms with van der Waals surface area (Å²) in [6.45, 7) is 7.64. The van der Waals surface area contributed by atoms with E-state index < -0.39 is 0 Å². The summed E-state index contributed by atoms with van der Waals surface area (Å²) in [5.74, 6) is 0.921. The van der Waals surface area contributed by atoms with Crippen LogP contribution in [0.1, 0.15) is 16.9 Å². The van der Waals surface area contributed by atoms with Gasteiger partial charge in [0.25, 0.3) is 0 Å². The second-order valence-electron chi connectivity index (χ2n) is 3.58. The highest BCUT2D eigenvalue weighted by Gasteiger charge is 2.07. The van der Waals surface area contributed by atoms with Crippen LogP contribution in [0.3, 0.4) is 0 Å². The molecular formula is C13H11NO. The van der Waals surface area contributed by atoms with Gasteiger partial charge in [-0.25, -0.2) is 0 Å². The maximum atomic E-state index is 8.74. The van der Waals surface area contributed by atoms with Crippen molar-refractivity contribution >= 4 is 16.5 Å². The molecule has 2 heteroatoms. The molecular weight excluding hydrogens is 186 g/mol. The van der Waals surface area contributed by atoms with Gasteiger partial charge in [0.1, 0.15) is 11.3 Å². The molecule has 0 atom stereocenters. The Morgan fingerprint density at radius 1 is 1.40 bits per heavy atom. The van der Waals surface area contributed by atoms with Gasteiger partial charge in [0, 0.05) is 5.39 Å². The second kappa shape index (κ2) is 3.29. The van der Waals surface area contributed by atoms with E-state index in [1.54, 1.807) is 0 Å². The molecule has 0 saturated heterocycles. The average molecular weight is 197 g/mol. The van der Waals surface area contributed by atoms with Gasteiger partial charge in [-0.3, -0.25) is 0 Å². The third-order valence-corrected chi connectivity index (χ3v) is 2.66. The first-order chi connectivity index (χ1) is 7.13. The molecule has 0 saturated carbocycles. The SMILES string of the molecule is C=C(C#N)c1ccc2c(C)c(C)oc2c1. The Balaban J connectivity index is 2.68. The number of nitriles is 1. The van der Waals surface area contributed by atoms with Gasteiger partial charge >= 0.3 is 0 Å². The van der Waals surface area contributed by atoms with E-state index in [0.29, 0.717) is 5.57 Å². The molecule has 2 rings (SSSR count). The lowest BCUT2D eigenvalue weighted by Crippen LogP contribution is -1.78. The topological polar surface area (TPSA) is 36.9 Å². The fourth-order valence-corrected chi connectivity index (χ4v) is 1.60. The van der Waals surface area contributed by atoms with Crippen molar-refractivity contribution in [1.29, 1.82) is 5.26 Å². The van der Waals surface area contributed by atoms with E-state index in [1.807, 2.05) is 38.1 Å². The minimum Gasteiger partial charge on any atom is -0.461 e. The minimum atomic E-state index is 0.462. The molecule has 2 nitrogen and oxygen atoms in total. The molecule has 0 aliphatic heterocycles. The number of allylic oxidation sites excluding steroid dienone is 1. The maximum Gasteiger partial charge on any atom is 0.135 e. The lowest BCUT2D eigenvalue weighted by Gasteiger charge is -1.96. The Morgan fingerprint density at radius 3 is 2.80 bits per heavy atom. The van der Waals surface area contributed by atoms with Crippen molar-refractivity contribution in [2.24, 2.45) is 0 Å². The normalized spacial score (nSPS) is 10.2. The molecule has 1 aromatic carbocycles. The summed E-state index contributed by atoms with van der Waals surface area (Å²) in [5, 5.41) is 9.84. The van der Waals surface area contributed by atoms with Crippen LogP contribution in [0.5, 0.6) is 0 Å². The van der Waals surface area contributed by atoms with Crippen molar-refractivity contribution in [3.05, 3.63) is 41.7 Å². The van der Waals surface area contributed by atoms with Crippen LogP contribution in [-0.2, 0) is 0 Å². The van der Waals surface area contributed by atoms with Crippen molar-refractivity contribution in [2.45, 2.75) is 13.8 Å². The third-order valence-electron chi connectivity index (χ3n) is 2.66. The van der Waals surface area contributed by atoms with Crippen molar-refractivity contribution in [2.75, 3.05) is 0 Å². The third kappa shape index (κ3) is 1.42. The van der Waals surface area contributed by atoms with Crippen LogP contribution in [0.4, 0.5) is 0 Å². The summed E-state index contributed by atoms with van der Waals surface area (Å²) < 4.78 is 5.58. The number of aryl methyl sites for hydroxylation is 2. The molecule has 0 unspecified atom stereocenters. The molecule has 0 fully saturated rings. The van der Waals surface area contributed by atoms with Crippen LogP contribution in [-0.4, -0.2) is 0 Å². The monoisotopic (exact) mass is 197 g/mol. The highest BCUT2D eigenvalue weighted by atomic mass is 16.3. The molecule has 15 heavy (non-hydrogen) atoms. The number of furan rings is 1. The Morgan fingerprint density at radius 2 is 2.13 bits per heavy atom. The van der Waals surface area contributed by atoms with Gasteiger partial charge in [0.05, 0.1) is 11.6 Å².